The molecule has 0 spiro atoms. The molecule has 5 nitrogen and oxygen atoms in total. The van der Waals surface area contributed by atoms with E-state index in [0.29, 0.717) is 18.2 Å². The molecule has 1 fully saturated rings. The van der Waals surface area contributed by atoms with Crippen molar-refractivity contribution in [1.29, 1.82) is 0 Å². The van der Waals surface area contributed by atoms with Crippen LogP contribution in [0.25, 0.3) is 0 Å². The lowest BCUT2D eigenvalue weighted by atomic mass is 10.2. The molecule has 0 aliphatic heterocycles. The third-order valence-corrected chi connectivity index (χ3v) is 2.53. The second kappa shape index (κ2) is 4.65. The molecule has 1 N–H and O–H groups in total. The van der Waals surface area contributed by atoms with Crippen LogP contribution in [0.2, 0.25) is 0 Å². The van der Waals surface area contributed by atoms with Crippen LogP contribution >= 0.6 is 0 Å². The minimum absolute atomic E-state index is 0.0291. The van der Waals surface area contributed by atoms with Crippen LogP contribution in [0.3, 0.4) is 0 Å². The molecule has 1 heterocycles. The van der Waals surface area contributed by atoms with Crippen LogP contribution in [0.4, 0.5) is 0 Å². The Morgan fingerprint density at radius 2 is 2.50 bits per heavy atom. The molecule has 0 unspecified atom stereocenters. The van der Waals surface area contributed by atoms with Crippen molar-refractivity contribution in [1.82, 2.24) is 10.5 Å². The van der Waals surface area contributed by atoms with Crippen LogP contribution in [0.1, 0.15) is 41.9 Å². The largest absolute Gasteiger partial charge is 0.383 e. The highest BCUT2D eigenvalue weighted by molar-refractivity contribution is 5.92. The Balaban J connectivity index is 1.92. The van der Waals surface area contributed by atoms with Crippen LogP contribution in [0, 0.1) is 0 Å². The maximum atomic E-state index is 11.7. The maximum absolute atomic E-state index is 11.7. The molecule has 88 valence electrons. The molecule has 1 saturated carbocycles. The summed E-state index contributed by atoms with van der Waals surface area (Å²) < 4.78 is 10.0. The van der Waals surface area contributed by atoms with Crippen molar-refractivity contribution < 1.29 is 14.1 Å². The molecule has 1 aromatic rings. The fraction of sp³-hybridized carbons (Fsp3) is 0.636. The first-order valence-electron chi connectivity index (χ1n) is 5.47. The molecule has 5 heteroatoms. The van der Waals surface area contributed by atoms with E-state index in [4.69, 9.17) is 9.26 Å². The third-order valence-electron chi connectivity index (χ3n) is 2.53. The predicted octanol–water partition coefficient (Wildman–Crippen LogP) is 1.32. The Bertz CT molecular complexity index is 371. The summed E-state index contributed by atoms with van der Waals surface area (Å²) in [7, 11) is 1.60. The zero-order valence-electron chi connectivity index (χ0n) is 9.53. The second-order valence-corrected chi connectivity index (χ2v) is 4.22. The highest BCUT2D eigenvalue weighted by Gasteiger charge is 2.29. The molecule has 0 aromatic carbocycles. The summed E-state index contributed by atoms with van der Waals surface area (Å²) in [4.78, 5) is 11.7. The Morgan fingerprint density at radius 3 is 3.12 bits per heavy atom. The van der Waals surface area contributed by atoms with Crippen molar-refractivity contribution in [2.45, 2.75) is 31.7 Å². The van der Waals surface area contributed by atoms with Gasteiger partial charge in [-0.1, -0.05) is 5.16 Å². The van der Waals surface area contributed by atoms with E-state index in [1.165, 1.54) is 0 Å². The average molecular weight is 224 g/mol. The van der Waals surface area contributed by atoms with E-state index in [9.17, 15) is 4.79 Å². The number of nitrogens with one attached hydrogen (secondary N) is 1. The summed E-state index contributed by atoms with van der Waals surface area (Å²) in [5.41, 5.74) is 0.352. The van der Waals surface area contributed by atoms with Gasteiger partial charge < -0.3 is 14.6 Å². The van der Waals surface area contributed by atoms with E-state index in [0.717, 1.165) is 18.6 Å². The highest BCUT2D eigenvalue weighted by atomic mass is 16.5. The summed E-state index contributed by atoms with van der Waals surface area (Å²) in [5, 5.41) is 6.55. The quantitative estimate of drug-likeness (QED) is 0.819. The van der Waals surface area contributed by atoms with Gasteiger partial charge in [-0.05, 0) is 19.8 Å². The van der Waals surface area contributed by atoms with Gasteiger partial charge in [-0.3, -0.25) is 4.79 Å². The van der Waals surface area contributed by atoms with Crippen LogP contribution < -0.4 is 5.32 Å². The van der Waals surface area contributed by atoms with Crippen LogP contribution in [0.5, 0.6) is 0 Å². The highest BCUT2D eigenvalue weighted by Crippen LogP contribution is 2.40. The van der Waals surface area contributed by atoms with Crippen molar-refractivity contribution in [2.24, 2.45) is 0 Å². The SMILES string of the molecule is COC[C@@H](C)NC(=O)c1cc(C2CC2)on1. The molecule has 0 saturated heterocycles. The minimum atomic E-state index is -0.208. The number of nitrogens with zero attached hydrogens (tertiary/aromatic N) is 1. The van der Waals surface area contributed by atoms with Crippen molar-refractivity contribution in [2.75, 3.05) is 13.7 Å². The van der Waals surface area contributed by atoms with Crippen molar-refractivity contribution in [3.63, 3.8) is 0 Å². The predicted molar refractivity (Wildman–Crippen MR) is 57.3 cm³/mol. The van der Waals surface area contributed by atoms with E-state index < -0.39 is 0 Å². The number of carbonyl (C=O) groups excluding carboxylic acids is 1. The number of ether oxygens (including phenoxy) is 1. The minimum Gasteiger partial charge on any atom is -0.383 e. The number of rotatable bonds is 5. The fourth-order valence-corrected chi connectivity index (χ4v) is 1.55. The van der Waals surface area contributed by atoms with Gasteiger partial charge in [0.05, 0.1) is 6.61 Å². The van der Waals surface area contributed by atoms with E-state index in [1.807, 2.05) is 6.92 Å². The Labute approximate surface area is 94.1 Å². The molecule has 0 radical (unpaired) electrons. The van der Waals surface area contributed by atoms with Gasteiger partial charge in [0, 0.05) is 25.1 Å². The lowest BCUT2D eigenvalue weighted by Crippen LogP contribution is -2.35. The summed E-state index contributed by atoms with van der Waals surface area (Å²) in [5.74, 6) is 1.09. The molecule has 1 atom stereocenters. The molecule has 1 aliphatic carbocycles. The van der Waals surface area contributed by atoms with E-state index in [1.54, 1.807) is 13.2 Å². The van der Waals surface area contributed by atoms with E-state index in [-0.39, 0.29) is 11.9 Å². The van der Waals surface area contributed by atoms with E-state index in [2.05, 4.69) is 10.5 Å². The molecule has 16 heavy (non-hydrogen) atoms. The first kappa shape index (κ1) is 11.1. The van der Waals surface area contributed by atoms with Gasteiger partial charge in [-0.2, -0.15) is 0 Å². The van der Waals surface area contributed by atoms with E-state index >= 15 is 0 Å². The van der Waals surface area contributed by atoms with Gasteiger partial charge in [-0.15, -0.1) is 0 Å². The van der Waals surface area contributed by atoms with Gasteiger partial charge in [0.15, 0.2) is 5.69 Å². The van der Waals surface area contributed by atoms with Gasteiger partial charge in [0.2, 0.25) is 0 Å². The zero-order chi connectivity index (χ0) is 11.5. The van der Waals surface area contributed by atoms with Crippen molar-refractivity contribution >= 4 is 5.91 Å². The van der Waals surface area contributed by atoms with Gasteiger partial charge in [0.25, 0.3) is 5.91 Å². The first-order valence-corrected chi connectivity index (χ1v) is 5.47. The maximum Gasteiger partial charge on any atom is 0.273 e. The van der Waals surface area contributed by atoms with Crippen molar-refractivity contribution in [3.8, 4) is 0 Å². The molecular weight excluding hydrogens is 208 g/mol. The molecule has 1 aromatic heterocycles. The Hall–Kier alpha value is -1.36. The molecule has 0 bridgehead atoms. The summed E-state index contributed by atoms with van der Waals surface area (Å²) in [6.07, 6.45) is 2.27. The number of amides is 1. The van der Waals surface area contributed by atoms with Crippen LogP contribution in [-0.4, -0.2) is 30.8 Å². The third kappa shape index (κ3) is 2.61. The molecular formula is C11H16N2O3. The lowest BCUT2D eigenvalue weighted by molar-refractivity contribution is 0.0896. The fourth-order valence-electron chi connectivity index (χ4n) is 1.55. The van der Waals surface area contributed by atoms with Crippen LogP contribution in [0.15, 0.2) is 10.6 Å². The summed E-state index contributed by atoms with van der Waals surface area (Å²) in [6, 6.07) is 1.70. The summed E-state index contributed by atoms with van der Waals surface area (Å²) in [6.45, 7) is 2.36. The molecule has 2 rings (SSSR count). The molecule has 1 amide bonds. The topological polar surface area (TPSA) is 64.4 Å². The summed E-state index contributed by atoms with van der Waals surface area (Å²) >= 11 is 0. The molecule has 1 aliphatic rings. The standard InChI is InChI=1S/C11H16N2O3/c1-7(6-15-2)12-11(14)9-5-10(16-13-9)8-3-4-8/h5,7-8H,3-4,6H2,1-2H3,(H,12,14)/t7-/m1/s1. The Kier molecular flexibility index (Phi) is 3.24. The number of hydrogen-bond donors (Lipinski definition) is 1. The normalized spacial score (nSPS) is 17.1. The number of methoxy groups -OCH3 is 1. The van der Waals surface area contributed by atoms with Crippen LogP contribution in [-0.2, 0) is 4.74 Å². The van der Waals surface area contributed by atoms with Gasteiger partial charge in [-0.25, -0.2) is 0 Å². The Morgan fingerprint density at radius 1 is 1.75 bits per heavy atom. The number of hydrogen-bond acceptors (Lipinski definition) is 4. The average Bonchev–Trinajstić information content (AvgIpc) is 2.96. The number of carbonyl (C=O) groups is 1. The second-order valence-electron chi connectivity index (χ2n) is 4.22. The first-order chi connectivity index (χ1) is 7.70. The number of aromatic nitrogens is 1. The van der Waals surface area contributed by atoms with Crippen molar-refractivity contribution in [3.05, 3.63) is 17.5 Å². The zero-order valence-corrected chi connectivity index (χ0v) is 9.53. The smallest absolute Gasteiger partial charge is 0.273 e. The lowest BCUT2D eigenvalue weighted by Gasteiger charge is -2.10. The van der Waals surface area contributed by atoms with Gasteiger partial charge >= 0.3 is 0 Å². The van der Waals surface area contributed by atoms with Gasteiger partial charge in [0.1, 0.15) is 5.76 Å². The monoisotopic (exact) mass is 224 g/mol.